The summed E-state index contributed by atoms with van der Waals surface area (Å²) in [5.74, 6) is -6.22. The topological polar surface area (TPSA) is 204 Å². The minimum Gasteiger partial charge on any atom is -0.475 e. The van der Waals surface area contributed by atoms with Crippen LogP contribution in [0.2, 0.25) is 0 Å². The predicted molar refractivity (Wildman–Crippen MR) is 204 cm³/mol. The summed E-state index contributed by atoms with van der Waals surface area (Å²) in [7, 11) is 0. The average Bonchev–Trinajstić information content (AvgIpc) is 3.72. The van der Waals surface area contributed by atoms with Crippen molar-refractivity contribution in [2.24, 2.45) is 11.1 Å². The van der Waals surface area contributed by atoms with Gasteiger partial charge in [0, 0.05) is 86.8 Å². The Morgan fingerprint density at radius 1 is 0.898 bits per heavy atom. The van der Waals surface area contributed by atoms with Crippen LogP contribution in [0.1, 0.15) is 57.3 Å². The Balaban J connectivity index is 0.00000122. The number of nitrogens with one attached hydrogen (secondary N) is 2. The van der Waals surface area contributed by atoms with Crippen molar-refractivity contribution in [3.63, 3.8) is 0 Å². The van der Waals surface area contributed by atoms with Gasteiger partial charge in [0.15, 0.2) is 0 Å². The van der Waals surface area contributed by atoms with E-state index in [-0.39, 0.29) is 51.0 Å². The minimum absolute atomic E-state index is 0.0227. The second-order valence-electron chi connectivity index (χ2n) is 14.6. The highest BCUT2D eigenvalue weighted by molar-refractivity contribution is 6.12. The smallest absolute Gasteiger partial charge is 0.475 e. The van der Waals surface area contributed by atoms with Crippen molar-refractivity contribution in [3.8, 4) is 11.1 Å². The molecule has 1 aromatic heterocycles. The number of rotatable bonds is 17. The molecular formula is C40H47F5N6O8. The Morgan fingerprint density at radius 2 is 1.49 bits per heavy atom. The number of hydrogen-bond acceptors (Lipinski definition) is 8. The molecule has 3 aromatic rings. The lowest BCUT2D eigenvalue weighted by atomic mass is 9.82. The number of nitrogens with two attached hydrogens (primary N) is 1. The van der Waals surface area contributed by atoms with Crippen molar-refractivity contribution in [2.75, 3.05) is 32.8 Å². The fraction of sp³-hybridized carbons (Fsp3) is 0.400. The summed E-state index contributed by atoms with van der Waals surface area (Å²) in [6.07, 6.45) is -1.02. The van der Waals surface area contributed by atoms with Gasteiger partial charge in [-0.15, -0.1) is 0 Å². The summed E-state index contributed by atoms with van der Waals surface area (Å²) in [6.45, 7) is 5.67. The van der Waals surface area contributed by atoms with Gasteiger partial charge in [-0.1, -0.05) is 51.1 Å². The molecule has 2 atom stereocenters. The first-order valence-electron chi connectivity index (χ1n) is 18.3. The van der Waals surface area contributed by atoms with Crippen molar-refractivity contribution in [3.05, 3.63) is 95.8 Å². The minimum atomic E-state index is -5.08. The van der Waals surface area contributed by atoms with E-state index in [0.717, 1.165) is 40.8 Å². The summed E-state index contributed by atoms with van der Waals surface area (Å²) < 4.78 is 62.9. The zero-order valence-electron chi connectivity index (χ0n) is 32.6. The molecule has 6 N–H and O–H groups in total. The lowest BCUT2D eigenvalue weighted by Crippen LogP contribution is -2.46. The van der Waals surface area contributed by atoms with E-state index in [1.165, 1.54) is 4.90 Å². The van der Waals surface area contributed by atoms with Crippen LogP contribution < -0.4 is 16.4 Å². The van der Waals surface area contributed by atoms with Gasteiger partial charge in [-0.2, -0.15) is 13.2 Å². The van der Waals surface area contributed by atoms with Crippen molar-refractivity contribution >= 4 is 35.5 Å². The maximum absolute atomic E-state index is 15.0. The van der Waals surface area contributed by atoms with Crippen LogP contribution in [-0.4, -0.2) is 105 Å². The monoisotopic (exact) mass is 834 g/mol. The van der Waals surface area contributed by atoms with E-state index in [0.29, 0.717) is 17.8 Å². The van der Waals surface area contributed by atoms with Gasteiger partial charge in [0.05, 0.1) is 6.04 Å². The van der Waals surface area contributed by atoms with Gasteiger partial charge in [-0.25, -0.2) is 13.6 Å². The number of aliphatic hydroxyl groups excluding tert-OH is 1. The Bertz CT molecular complexity index is 1980. The van der Waals surface area contributed by atoms with E-state index >= 15 is 0 Å². The average molecular weight is 835 g/mol. The van der Waals surface area contributed by atoms with E-state index < -0.39 is 77.4 Å². The summed E-state index contributed by atoms with van der Waals surface area (Å²) in [6, 6.07) is 13.3. The molecule has 0 aliphatic carbocycles. The summed E-state index contributed by atoms with van der Waals surface area (Å²) in [4.78, 5) is 72.7. The highest BCUT2D eigenvalue weighted by Crippen LogP contribution is 2.41. The van der Waals surface area contributed by atoms with Gasteiger partial charge in [0.1, 0.15) is 18.2 Å². The second-order valence-corrected chi connectivity index (χ2v) is 14.6. The molecule has 0 fully saturated rings. The predicted octanol–water partition coefficient (Wildman–Crippen LogP) is 3.68. The quantitative estimate of drug-likeness (QED) is 0.0993. The molecule has 5 amide bonds. The van der Waals surface area contributed by atoms with Crippen molar-refractivity contribution in [1.29, 1.82) is 0 Å². The number of aliphatic carboxylic acids is 1. The fourth-order valence-corrected chi connectivity index (χ4v) is 6.11. The van der Waals surface area contributed by atoms with Crippen LogP contribution in [0.4, 0.5) is 22.0 Å². The number of carboxylic acids is 1. The Morgan fingerprint density at radius 3 is 2.05 bits per heavy atom. The molecule has 0 saturated carbocycles. The van der Waals surface area contributed by atoms with Crippen LogP contribution in [0.3, 0.4) is 0 Å². The molecule has 0 spiro atoms. The number of amides is 5. The number of imide groups is 1. The molecule has 59 heavy (non-hydrogen) atoms. The standard InChI is InChI=1S/C38H46F2N6O6.C2HF3O2/c1-38(2,3)37(31-19-26(29-20-27(39)9-10-30(29)40)23-44(31)22-25-7-5-4-6-8-25)46(36(52)24-47)17-15-28(41)21-43-33(49)12-11-32(48)42-16-18-45-34(50)13-14-35(45)51;3-2(4,5)1(6)7/h4-10,13-14,19-20,23,28,37,47H,11-12,15-18,21-22,24,41H2,1-3H3,(H,42,48)(H,43,49);(H,6,7). The maximum Gasteiger partial charge on any atom is 0.490 e. The molecule has 2 unspecified atom stereocenters. The van der Waals surface area contributed by atoms with Crippen molar-refractivity contribution in [1.82, 2.24) is 25.0 Å². The molecule has 320 valence electrons. The fourth-order valence-electron chi connectivity index (χ4n) is 6.11. The van der Waals surface area contributed by atoms with Gasteiger partial charge in [0.2, 0.25) is 17.7 Å². The molecule has 1 aliphatic heterocycles. The Hall–Kier alpha value is -5.95. The molecule has 0 saturated heterocycles. The number of carbonyl (C=O) groups is 6. The molecule has 4 rings (SSSR count). The van der Waals surface area contributed by atoms with Gasteiger partial charge in [0.25, 0.3) is 11.8 Å². The number of halogens is 5. The SMILES string of the molecule is CC(C)(C)C(c1cc(-c2cc(F)ccc2F)cn1Cc1ccccc1)N(CCC(N)CNC(=O)CCC(=O)NCCN1C(=O)C=CC1=O)C(=O)CO.O=C(O)C(F)(F)F. The molecule has 2 aromatic carbocycles. The number of carboxylic acid groups (broad SMARTS) is 1. The van der Waals surface area contributed by atoms with Crippen molar-refractivity contribution < 1.29 is 60.9 Å². The Labute approximate surface area is 336 Å². The number of alkyl halides is 3. The van der Waals surface area contributed by atoms with Crippen LogP contribution in [0.5, 0.6) is 0 Å². The third kappa shape index (κ3) is 14.4. The molecule has 1 aliphatic rings. The Kier molecular flexibility index (Phi) is 17.0. The largest absolute Gasteiger partial charge is 0.490 e. The van der Waals surface area contributed by atoms with Crippen LogP contribution >= 0.6 is 0 Å². The third-order valence-electron chi connectivity index (χ3n) is 8.91. The lowest BCUT2D eigenvalue weighted by Gasteiger charge is -2.41. The molecule has 0 radical (unpaired) electrons. The second kappa shape index (κ2) is 21.2. The molecule has 19 heteroatoms. The molecule has 2 heterocycles. The molecule has 0 bridgehead atoms. The van der Waals surface area contributed by atoms with Gasteiger partial charge < -0.3 is 36.0 Å². The number of carbonyl (C=O) groups excluding carboxylic acids is 5. The summed E-state index contributed by atoms with van der Waals surface area (Å²) in [5, 5.41) is 22.5. The van der Waals surface area contributed by atoms with Crippen molar-refractivity contribution in [2.45, 2.75) is 64.8 Å². The first-order valence-corrected chi connectivity index (χ1v) is 18.3. The van der Waals surface area contributed by atoms with E-state index in [1.54, 1.807) is 12.3 Å². The molecular weight excluding hydrogens is 787 g/mol. The zero-order valence-corrected chi connectivity index (χ0v) is 32.6. The third-order valence-corrected chi connectivity index (χ3v) is 8.91. The zero-order chi connectivity index (χ0) is 44.1. The van der Waals surface area contributed by atoms with E-state index in [1.807, 2.05) is 55.7 Å². The highest BCUT2D eigenvalue weighted by atomic mass is 19.4. The van der Waals surface area contributed by atoms with E-state index in [2.05, 4.69) is 10.6 Å². The summed E-state index contributed by atoms with van der Waals surface area (Å²) in [5.41, 5.74) is 7.85. The number of benzene rings is 2. The van der Waals surface area contributed by atoms with Crippen LogP contribution in [0.15, 0.2) is 72.9 Å². The van der Waals surface area contributed by atoms with Gasteiger partial charge >= 0.3 is 12.1 Å². The van der Waals surface area contributed by atoms with Crippen LogP contribution in [0, 0.1) is 17.0 Å². The first-order chi connectivity index (χ1) is 27.6. The van der Waals surface area contributed by atoms with Crippen LogP contribution in [-0.2, 0) is 35.3 Å². The molecule has 14 nitrogen and oxygen atoms in total. The number of hydrogen-bond donors (Lipinski definition) is 5. The number of aliphatic hydroxyl groups is 1. The van der Waals surface area contributed by atoms with Gasteiger partial charge in [-0.3, -0.25) is 28.9 Å². The van der Waals surface area contributed by atoms with Crippen LogP contribution in [0.25, 0.3) is 11.1 Å². The van der Waals surface area contributed by atoms with E-state index in [9.17, 15) is 51.0 Å². The first kappa shape index (κ1) is 47.4. The normalized spacial score (nSPS) is 13.7. The van der Waals surface area contributed by atoms with Gasteiger partial charge in [-0.05, 0) is 41.7 Å². The number of aromatic nitrogens is 1. The number of nitrogens with zero attached hydrogens (tertiary/aromatic N) is 3. The summed E-state index contributed by atoms with van der Waals surface area (Å²) >= 11 is 0. The highest BCUT2D eigenvalue weighted by Gasteiger charge is 2.39. The lowest BCUT2D eigenvalue weighted by molar-refractivity contribution is -0.192. The van der Waals surface area contributed by atoms with E-state index in [4.69, 9.17) is 15.6 Å². The maximum atomic E-state index is 15.0.